The van der Waals surface area contributed by atoms with E-state index >= 15 is 0 Å². The smallest absolute Gasteiger partial charge is 0.119 e. The zero-order valence-corrected chi connectivity index (χ0v) is 8.79. The van der Waals surface area contributed by atoms with E-state index in [4.69, 9.17) is 10.5 Å². The van der Waals surface area contributed by atoms with Crippen molar-refractivity contribution in [2.75, 3.05) is 7.11 Å². The first-order chi connectivity index (χ1) is 6.73. The van der Waals surface area contributed by atoms with E-state index in [9.17, 15) is 0 Å². The number of methoxy groups -OCH3 is 1. The Morgan fingerprint density at radius 3 is 2.79 bits per heavy atom. The molecule has 1 aliphatic rings. The molecule has 1 saturated carbocycles. The van der Waals surface area contributed by atoms with Gasteiger partial charge < -0.3 is 10.5 Å². The highest BCUT2D eigenvalue weighted by molar-refractivity contribution is 5.40. The average Bonchev–Trinajstić information content (AvgIpc) is 2.91. The second kappa shape index (κ2) is 3.28. The van der Waals surface area contributed by atoms with E-state index in [1.165, 1.54) is 5.56 Å². The lowest BCUT2D eigenvalue weighted by molar-refractivity contribution is 0.413. The summed E-state index contributed by atoms with van der Waals surface area (Å²) in [4.78, 5) is 0. The Labute approximate surface area is 85.1 Å². The van der Waals surface area contributed by atoms with Gasteiger partial charge in [-0.2, -0.15) is 0 Å². The van der Waals surface area contributed by atoms with Crippen LogP contribution in [0.15, 0.2) is 24.3 Å². The van der Waals surface area contributed by atoms with Gasteiger partial charge in [0.1, 0.15) is 5.75 Å². The third-order valence-electron chi connectivity index (χ3n) is 3.41. The molecule has 2 heteroatoms. The standard InChI is InChI=1S/C12H17NO/c1-3-12(8-11(12)13)9-5-4-6-10(7-9)14-2/h4-7,11H,3,8,13H2,1-2H3/t11-,12?/m1/s1. The van der Waals surface area contributed by atoms with Crippen LogP contribution >= 0.6 is 0 Å². The third-order valence-corrected chi connectivity index (χ3v) is 3.41. The molecule has 0 amide bonds. The molecule has 1 aromatic rings. The lowest BCUT2D eigenvalue weighted by Crippen LogP contribution is -2.17. The number of hydrogen-bond donors (Lipinski definition) is 1. The summed E-state index contributed by atoms with van der Waals surface area (Å²) in [6, 6.07) is 8.60. The van der Waals surface area contributed by atoms with Gasteiger partial charge in [-0.1, -0.05) is 19.1 Å². The Morgan fingerprint density at radius 2 is 2.29 bits per heavy atom. The minimum absolute atomic E-state index is 0.231. The van der Waals surface area contributed by atoms with Gasteiger partial charge in [0.05, 0.1) is 7.11 Å². The highest BCUT2D eigenvalue weighted by Crippen LogP contribution is 2.50. The molecule has 2 rings (SSSR count). The summed E-state index contributed by atoms with van der Waals surface area (Å²) in [5.74, 6) is 0.925. The summed E-state index contributed by atoms with van der Waals surface area (Å²) in [5.41, 5.74) is 7.55. The lowest BCUT2D eigenvalue weighted by atomic mass is 9.92. The van der Waals surface area contributed by atoms with E-state index < -0.39 is 0 Å². The second-order valence-electron chi connectivity index (χ2n) is 4.05. The van der Waals surface area contributed by atoms with E-state index in [0.29, 0.717) is 6.04 Å². The fourth-order valence-corrected chi connectivity index (χ4v) is 2.21. The minimum atomic E-state index is 0.231. The molecule has 0 aromatic heterocycles. The summed E-state index contributed by atoms with van der Waals surface area (Å²) < 4.78 is 5.22. The van der Waals surface area contributed by atoms with Gasteiger partial charge in [-0.25, -0.2) is 0 Å². The monoisotopic (exact) mass is 191 g/mol. The van der Waals surface area contributed by atoms with Crippen LogP contribution in [0.25, 0.3) is 0 Å². The first-order valence-electron chi connectivity index (χ1n) is 5.13. The summed E-state index contributed by atoms with van der Waals surface area (Å²) in [7, 11) is 1.70. The van der Waals surface area contributed by atoms with E-state index in [1.54, 1.807) is 7.11 Å². The normalized spacial score (nSPS) is 30.1. The fourth-order valence-electron chi connectivity index (χ4n) is 2.21. The van der Waals surface area contributed by atoms with Crippen molar-refractivity contribution in [3.63, 3.8) is 0 Å². The number of nitrogens with two attached hydrogens (primary N) is 1. The van der Waals surface area contributed by atoms with E-state index in [0.717, 1.165) is 18.6 Å². The fraction of sp³-hybridized carbons (Fsp3) is 0.500. The van der Waals surface area contributed by atoms with Crippen LogP contribution in [0.5, 0.6) is 5.75 Å². The van der Waals surface area contributed by atoms with E-state index in [2.05, 4.69) is 19.1 Å². The molecule has 0 radical (unpaired) electrons. The minimum Gasteiger partial charge on any atom is -0.497 e. The molecule has 1 aromatic carbocycles. The summed E-state index contributed by atoms with van der Waals surface area (Å²) in [5, 5.41) is 0. The maximum Gasteiger partial charge on any atom is 0.119 e. The maximum atomic E-state index is 5.99. The number of benzene rings is 1. The summed E-state index contributed by atoms with van der Waals surface area (Å²) >= 11 is 0. The molecule has 2 nitrogen and oxygen atoms in total. The largest absolute Gasteiger partial charge is 0.497 e. The van der Waals surface area contributed by atoms with Crippen LogP contribution < -0.4 is 10.5 Å². The lowest BCUT2D eigenvalue weighted by Gasteiger charge is -2.15. The highest BCUT2D eigenvalue weighted by Gasteiger charge is 2.51. The Morgan fingerprint density at radius 1 is 1.57 bits per heavy atom. The zero-order valence-electron chi connectivity index (χ0n) is 8.79. The molecular weight excluding hydrogens is 174 g/mol. The van der Waals surface area contributed by atoms with Crippen LogP contribution in [0.1, 0.15) is 25.3 Å². The van der Waals surface area contributed by atoms with Crippen molar-refractivity contribution < 1.29 is 4.74 Å². The van der Waals surface area contributed by atoms with Crippen LogP contribution in [0.2, 0.25) is 0 Å². The Hall–Kier alpha value is -1.02. The van der Waals surface area contributed by atoms with Crippen molar-refractivity contribution in [2.24, 2.45) is 5.73 Å². The molecular formula is C12H17NO. The quantitative estimate of drug-likeness (QED) is 0.793. The zero-order chi connectivity index (χ0) is 10.2. The van der Waals surface area contributed by atoms with Crippen molar-refractivity contribution in [3.8, 4) is 5.75 Å². The SMILES string of the molecule is CCC1(c2cccc(OC)c2)C[C@H]1N. The van der Waals surface area contributed by atoms with Gasteiger partial charge in [-0.3, -0.25) is 0 Å². The van der Waals surface area contributed by atoms with Gasteiger partial charge in [0.15, 0.2) is 0 Å². The Bertz CT molecular complexity index is 333. The highest BCUT2D eigenvalue weighted by atomic mass is 16.5. The topological polar surface area (TPSA) is 35.2 Å². The molecule has 1 fully saturated rings. The molecule has 2 N–H and O–H groups in total. The van der Waals surface area contributed by atoms with E-state index in [-0.39, 0.29) is 5.41 Å². The summed E-state index contributed by atoms with van der Waals surface area (Å²) in [6.45, 7) is 2.20. The van der Waals surface area contributed by atoms with Crippen LogP contribution in [-0.4, -0.2) is 13.2 Å². The molecule has 0 saturated heterocycles. The molecule has 1 unspecified atom stereocenters. The average molecular weight is 191 g/mol. The molecule has 76 valence electrons. The maximum absolute atomic E-state index is 5.99. The molecule has 1 aliphatic carbocycles. The molecule has 14 heavy (non-hydrogen) atoms. The molecule has 0 aliphatic heterocycles. The first-order valence-corrected chi connectivity index (χ1v) is 5.13. The number of ether oxygens (including phenoxy) is 1. The Kier molecular flexibility index (Phi) is 2.23. The van der Waals surface area contributed by atoms with Gasteiger partial charge in [-0.15, -0.1) is 0 Å². The van der Waals surface area contributed by atoms with Crippen molar-refractivity contribution in [2.45, 2.75) is 31.2 Å². The van der Waals surface area contributed by atoms with Crippen LogP contribution in [0.3, 0.4) is 0 Å². The molecule has 2 atom stereocenters. The van der Waals surface area contributed by atoms with Crippen molar-refractivity contribution >= 4 is 0 Å². The number of rotatable bonds is 3. The van der Waals surface area contributed by atoms with Gasteiger partial charge in [0, 0.05) is 11.5 Å². The van der Waals surface area contributed by atoms with Gasteiger partial charge in [0.2, 0.25) is 0 Å². The van der Waals surface area contributed by atoms with E-state index in [1.807, 2.05) is 12.1 Å². The molecule has 0 heterocycles. The summed E-state index contributed by atoms with van der Waals surface area (Å²) in [6.07, 6.45) is 2.22. The predicted octanol–water partition coefficient (Wildman–Crippen LogP) is 2.07. The van der Waals surface area contributed by atoms with Crippen molar-refractivity contribution in [3.05, 3.63) is 29.8 Å². The first kappa shape index (κ1) is 9.53. The van der Waals surface area contributed by atoms with Crippen LogP contribution in [0.4, 0.5) is 0 Å². The van der Waals surface area contributed by atoms with Crippen LogP contribution in [0, 0.1) is 0 Å². The van der Waals surface area contributed by atoms with Gasteiger partial charge in [-0.05, 0) is 30.5 Å². The van der Waals surface area contributed by atoms with Gasteiger partial charge in [0.25, 0.3) is 0 Å². The van der Waals surface area contributed by atoms with Crippen molar-refractivity contribution in [1.29, 1.82) is 0 Å². The third kappa shape index (κ3) is 1.30. The van der Waals surface area contributed by atoms with Gasteiger partial charge >= 0.3 is 0 Å². The Balaban J connectivity index is 2.32. The van der Waals surface area contributed by atoms with Crippen molar-refractivity contribution in [1.82, 2.24) is 0 Å². The molecule has 0 spiro atoms. The second-order valence-corrected chi connectivity index (χ2v) is 4.05. The molecule has 0 bridgehead atoms. The predicted molar refractivity (Wildman–Crippen MR) is 57.6 cm³/mol. The van der Waals surface area contributed by atoms with Crippen LogP contribution in [-0.2, 0) is 5.41 Å². The number of hydrogen-bond acceptors (Lipinski definition) is 2.